The van der Waals surface area contributed by atoms with E-state index in [0.29, 0.717) is 0 Å². The van der Waals surface area contributed by atoms with Crippen molar-refractivity contribution in [3.63, 3.8) is 0 Å². The summed E-state index contributed by atoms with van der Waals surface area (Å²) in [5, 5.41) is 6.09. The lowest BCUT2D eigenvalue weighted by Gasteiger charge is -2.09. The maximum atomic E-state index is 3.48. The van der Waals surface area contributed by atoms with Crippen molar-refractivity contribution in [1.29, 1.82) is 0 Å². The van der Waals surface area contributed by atoms with Crippen LogP contribution in [0.3, 0.4) is 0 Å². The lowest BCUT2D eigenvalue weighted by Crippen LogP contribution is -1.99. The number of nitrogens with one attached hydrogen (secondary N) is 1. The molecule has 1 N–H and O–H groups in total. The van der Waals surface area contributed by atoms with Gasteiger partial charge in [0, 0.05) is 15.8 Å². The fraction of sp³-hybridized carbons (Fsp3) is 0.0588. The van der Waals surface area contributed by atoms with E-state index in [2.05, 4.69) is 94.6 Å². The van der Waals surface area contributed by atoms with Gasteiger partial charge in [0.2, 0.25) is 0 Å². The van der Waals surface area contributed by atoms with Gasteiger partial charge >= 0.3 is 0 Å². The highest BCUT2D eigenvalue weighted by atomic mass is 127. The van der Waals surface area contributed by atoms with Gasteiger partial charge in [-0.1, -0.05) is 42.5 Å². The number of anilines is 1. The van der Waals surface area contributed by atoms with Gasteiger partial charge in [-0.25, -0.2) is 0 Å². The molecule has 0 saturated heterocycles. The molecule has 3 aromatic carbocycles. The minimum absolute atomic E-state index is 0.849. The van der Waals surface area contributed by atoms with Crippen LogP contribution in [0.5, 0.6) is 0 Å². The first-order valence-electron chi connectivity index (χ1n) is 6.29. The number of hydrogen-bond donors (Lipinski definition) is 1. The second kappa shape index (κ2) is 5.61. The monoisotopic (exact) mass is 359 g/mol. The van der Waals surface area contributed by atoms with Crippen molar-refractivity contribution in [2.24, 2.45) is 0 Å². The SMILES string of the molecule is Ic1ccc(NCc2cccc3ccccc23)cc1. The van der Waals surface area contributed by atoms with E-state index in [4.69, 9.17) is 0 Å². The van der Waals surface area contributed by atoms with Gasteiger partial charge in [0.1, 0.15) is 0 Å². The van der Waals surface area contributed by atoms with Crippen LogP contribution in [0.2, 0.25) is 0 Å². The maximum Gasteiger partial charge on any atom is 0.0406 e. The van der Waals surface area contributed by atoms with Crippen molar-refractivity contribution in [2.45, 2.75) is 6.54 Å². The fourth-order valence-corrected chi connectivity index (χ4v) is 2.57. The molecule has 0 spiro atoms. The molecule has 0 radical (unpaired) electrons. The van der Waals surface area contributed by atoms with Crippen molar-refractivity contribution in [3.05, 3.63) is 75.9 Å². The molecule has 94 valence electrons. The van der Waals surface area contributed by atoms with E-state index in [-0.39, 0.29) is 0 Å². The molecule has 19 heavy (non-hydrogen) atoms. The van der Waals surface area contributed by atoms with Crippen LogP contribution in [0.4, 0.5) is 5.69 Å². The van der Waals surface area contributed by atoms with Gasteiger partial charge in [0.15, 0.2) is 0 Å². The molecule has 1 nitrogen and oxygen atoms in total. The zero-order chi connectivity index (χ0) is 13.1. The van der Waals surface area contributed by atoms with Crippen molar-refractivity contribution in [1.82, 2.24) is 0 Å². The highest BCUT2D eigenvalue weighted by Crippen LogP contribution is 2.20. The van der Waals surface area contributed by atoms with Gasteiger partial charge in [-0.05, 0) is 63.2 Å². The first-order valence-corrected chi connectivity index (χ1v) is 7.37. The van der Waals surface area contributed by atoms with Crippen LogP contribution in [-0.4, -0.2) is 0 Å². The average Bonchev–Trinajstić information content (AvgIpc) is 2.47. The van der Waals surface area contributed by atoms with E-state index in [1.165, 1.54) is 19.9 Å². The van der Waals surface area contributed by atoms with Crippen LogP contribution in [0.25, 0.3) is 10.8 Å². The van der Waals surface area contributed by atoms with Crippen molar-refractivity contribution >= 4 is 39.1 Å². The summed E-state index contributed by atoms with van der Waals surface area (Å²) < 4.78 is 1.26. The number of rotatable bonds is 3. The highest BCUT2D eigenvalue weighted by Gasteiger charge is 2.00. The van der Waals surface area contributed by atoms with Gasteiger partial charge in [0.05, 0.1) is 0 Å². The Kier molecular flexibility index (Phi) is 3.69. The highest BCUT2D eigenvalue weighted by molar-refractivity contribution is 14.1. The molecule has 0 aromatic heterocycles. The molecular formula is C17H14IN. The summed E-state index contributed by atoms with van der Waals surface area (Å²) >= 11 is 2.32. The molecular weight excluding hydrogens is 345 g/mol. The van der Waals surface area contributed by atoms with E-state index in [0.717, 1.165) is 12.2 Å². The molecule has 3 aromatic rings. The van der Waals surface area contributed by atoms with Crippen LogP contribution in [-0.2, 0) is 6.54 Å². The van der Waals surface area contributed by atoms with Gasteiger partial charge in [0.25, 0.3) is 0 Å². The van der Waals surface area contributed by atoms with E-state index < -0.39 is 0 Å². The van der Waals surface area contributed by atoms with Gasteiger partial charge in [-0.2, -0.15) is 0 Å². The van der Waals surface area contributed by atoms with Crippen LogP contribution >= 0.6 is 22.6 Å². The second-order valence-corrected chi connectivity index (χ2v) is 5.74. The number of halogens is 1. The molecule has 3 rings (SSSR count). The minimum atomic E-state index is 0.849. The molecule has 0 heterocycles. The van der Waals surface area contributed by atoms with Gasteiger partial charge < -0.3 is 5.32 Å². The van der Waals surface area contributed by atoms with E-state index in [1.54, 1.807) is 0 Å². The topological polar surface area (TPSA) is 12.0 Å². The molecule has 0 amide bonds. The second-order valence-electron chi connectivity index (χ2n) is 4.50. The Morgan fingerprint density at radius 3 is 2.37 bits per heavy atom. The third kappa shape index (κ3) is 2.89. The predicted octanol–water partition coefficient (Wildman–Crippen LogP) is 5.06. The smallest absolute Gasteiger partial charge is 0.0406 e. The maximum absolute atomic E-state index is 3.48. The molecule has 0 fully saturated rings. The van der Waals surface area contributed by atoms with Crippen molar-refractivity contribution < 1.29 is 0 Å². The zero-order valence-electron chi connectivity index (χ0n) is 10.4. The molecule has 0 aliphatic carbocycles. The Labute approximate surface area is 126 Å². The first-order chi connectivity index (χ1) is 9.33. The number of benzene rings is 3. The molecule has 2 heteroatoms. The Balaban J connectivity index is 1.84. The Morgan fingerprint density at radius 1 is 0.789 bits per heavy atom. The van der Waals surface area contributed by atoms with E-state index in [1.807, 2.05) is 0 Å². The molecule has 0 aliphatic heterocycles. The largest absolute Gasteiger partial charge is 0.381 e. The molecule has 0 unspecified atom stereocenters. The van der Waals surface area contributed by atoms with Crippen molar-refractivity contribution in [3.8, 4) is 0 Å². The lowest BCUT2D eigenvalue weighted by molar-refractivity contribution is 1.17. The summed E-state index contributed by atoms with van der Waals surface area (Å²) in [6.45, 7) is 0.849. The Hall–Kier alpha value is -1.55. The number of hydrogen-bond acceptors (Lipinski definition) is 1. The summed E-state index contributed by atoms with van der Waals surface area (Å²) in [5.41, 5.74) is 2.49. The first kappa shape index (κ1) is 12.5. The average molecular weight is 359 g/mol. The molecule has 0 atom stereocenters. The third-order valence-corrected chi connectivity index (χ3v) is 3.93. The summed E-state index contributed by atoms with van der Waals surface area (Å²) in [5.74, 6) is 0. The van der Waals surface area contributed by atoms with Crippen molar-refractivity contribution in [2.75, 3.05) is 5.32 Å². The van der Waals surface area contributed by atoms with E-state index in [9.17, 15) is 0 Å². The standard InChI is InChI=1S/C17H14IN/c18-15-8-10-16(11-9-15)19-12-14-6-3-5-13-4-1-2-7-17(13)14/h1-11,19H,12H2. The van der Waals surface area contributed by atoms with Gasteiger partial charge in [-0.15, -0.1) is 0 Å². The van der Waals surface area contributed by atoms with Gasteiger partial charge in [-0.3, -0.25) is 0 Å². The van der Waals surface area contributed by atoms with Crippen LogP contribution < -0.4 is 5.32 Å². The summed E-state index contributed by atoms with van der Waals surface area (Å²) in [6.07, 6.45) is 0. The van der Waals surface area contributed by atoms with Crippen LogP contribution in [0, 0.1) is 3.57 Å². The Morgan fingerprint density at radius 2 is 1.53 bits per heavy atom. The molecule has 0 aliphatic rings. The van der Waals surface area contributed by atoms with Crippen LogP contribution in [0.1, 0.15) is 5.56 Å². The fourth-order valence-electron chi connectivity index (χ4n) is 2.21. The molecule has 0 saturated carbocycles. The van der Waals surface area contributed by atoms with Crippen LogP contribution in [0.15, 0.2) is 66.7 Å². The zero-order valence-corrected chi connectivity index (χ0v) is 12.6. The minimum Gasteiger partial charge on any atom is -0.381 e. The molecule has 0 bridgehead atoms. The van der Waals surface area contributed by atoms with E-state index >= 15 is 0 Å². The number of fused-ring (bicyclic) bond motifs is 1. The normalized spacial score (nSPS) is 10.6. The summed E-state index contributed by atoms with van der Waals surface area (Å²) in [6, 6.07) is 23.4. The summed E-state index contributed by atoms with van der Waals surface area (Å²) in [7, 11) is 0. The quantitative estimate of drug-likeness (QED) is 0.645. The lowest BCUT2D eigenvalue weighted by atomic mass is 10.0. The predicted molar refractivity (Wildman–Crippen MR) is 90.4 cm³/mol. The summed E-state index contributed by atoms with van der Waals surface area (Å²) in [4.78, 5) is 0. The third-order valence-electron chi connectivity index (χ3n) is 3.21. The Bertz CT molecular complexity index is 684.